The van der Waals surface area contributed by atoms with Crippen molar-refractivity contribution in [3.8, 4) is 11.1 Å². The summed E-state index contributed by atoms with van der Waals surface area (Å²) in [6.07, 6.45) is 20.7. The van der Waals surface area contributed by atoms with E-state index in [-0.39, 0.29) is 0 Å². The largest absolute Gasteiger partial charge is 0.311 e. The fraction of sp³-hybridized carbons (Fsp3) is 0.100. The predicted octanol–water partition coefficient (Wildman–Crippen LogP) is 11.2. The Morgan fingerprint density at radius 3 is 1.88 bits per heavy atom. The molecular weight excluding hydrogens is 508 g/mol. The monoisotopic (exact) mass is 544 g/mol. The van der Waals surface area contributed by atoms with E-state index in [0.717, 1.165) is 47.6 Å². The molecule has 2 heteroatoms. The molecule has 0 heterocycles. The van der Waals surface area contributed by atoms with Crippen molar-refractivity contribution in [2.24, 2.45) is 5.92 Å². The standard InChI is InChI=1S/C40H36N2/c1-3-31-13-11-19-39(29-31)41(35-15-7-5-8-16-35)37-25-21-33(22-26-37)34-23-27-38(28-24-34)42(36-17-9-6-10-18-36)40-20-12-14-32(4-2)30-40/h3-5,7-9,11-13,15-30,32H,1-2,6,10,14H2. The van der Waals surface area contributed by atoms with Gasteiger partial charge in [-0.05, 0) is 96.6 Å². The lowest BCUT2D eigenvalue weighted by Gasteiger charge is -2.30. The summed E-state index contributed by atoms with van der Waals surface area (Å²) in [5.41, 5.74) is 10.4. The molecule has 4 aromatic rings. The first-order valence-corrected chi connectivity index (χ1v) is 14.7. The van der Waals surface area contributed by atoms with Gasteiger partial charge in [0.25, 0.3) is 0 Å². The number of nitrogens with zero attached hydrogens (tertiary/aromatic N) is 2. The lowest BCUT2D eigenvalue weighted by atomic mass is 9.97. The Labute approximate surface area is 250 Å². The summed E-state index contributed by atoms with van der Waals surface area (Å²) in [4.78, 5) is 4.65. The summed E-state index contributed by atoms with van der Waals surface area (Å²) in [5.74, 6) is 0.355. The van der Waals surface area contributed by atoms with Crippen LogP contribution in [0.5, 0.6) is 0 Å². The molecule has 0 N–H and O–H groups in total. The maximum Gasteiger partial charge on any atom is 0.0467 e. The van der Waals surface area contributed by atoms with Gasteiger partial charge in [-0.3, -0.25) is 0 Å². The van der Waals surface area contributed by atoms with Crippen molar-refractivity contribution in [2.75, 3.05) is 9.80 Å². The van der Waals surface area contributed by atoms with Crippen molar-refractivity contribution in [1.82, 2.24) is 0 Å². The Hall–Kier alpha value is -5.08. The number of allylic oxidation sites excluding steroid dienone is 7. The highest BCUT2D eigenvalue weighted by Gasteiger charge is 2.18. The maximum atomic E-state index is 4.04. The molecule has 1 atom stereocenters. The topological polar surface area (TPSA) is 6.48 Å². The summed E-state index contributed by atoms with van der Waals surface area (Å²) in [7, 11) is 0. The molecule has 42 heavy (non-hydrogen) atoms. The van der Waals surface area contributed by atoms with Gasteiger partial charge in [-0.25, -0.2) is 0 Å². The van der Waals surface area contributed by atoms with Crippen LogP contribution in [0.15, 0.2) is 170 Å². The molecule has 2 aliphatic rings. The molecule has 0 saturated heterocycles. The fourth-order valence-corrected chi connectivity index (χ4v) is 5.64. The number of para-hydroxylation sites is 1. The molecular formula is C40H36N2. The second-order valence-corrected chi connectivity index (χ2v) is 10.6. The van der Waals surface area contributed by atoms with E-state index in [1.807, 2.05) is 12.2 Å². The third-order valence-corrected chi connectivity index (χ3v) is 7.84. The first-order valence-electron chi connectivity index (χ1n) is 14.7. The first kappa shape index (κ1) is 27.1. The highest BCUT2D eigenvalue weighted by molar-refractivity contribution is 5.79. The van der Waals surface area contributed by atoms with Gasteiger partial charge in [0, 0.05) is 40.1 Å². The Bertz CT molecular complexity index is 1670. The Balaban J connectivity index is 1.31. The van der Waals surface area contributed by atoms with Crippen molar-refractivity contribution in [1.29, 1.82) is 0 Å². The average molecular weight is 545 g/mol. The fourth-order valence-electron chi connectivity index (χ4n) is 5.64. The summed E-state index contributed by atoms with van der Waals surface area (Å²) >= 11 is 0. The van der Waals surface area contributed by atoms with E-state index < -0.39 is 0 Å². The van der Waals surface area contributed by atoms with Gasteiger partial charge in [0.2, 0.25) is 0 Å². The number of rotatable bonds is 9. The molecule has 2 nitrogen and oxygen atoms in total. The third kappa shape index (κ3) is 5.84. The summed E-state index contributed by atoms with van der Waals surface area (Å²) in [6, 6.07) is 36.7. The number of hydrogen-bond acceptors (Lipinski definition) is 2. The zero-order valence-corrected chi connectivity index (χ0v) is 23.9. The van der Waals surface area contributed by atoms with E-state index in [0.29, 0.717) is 5.92 Å². The molecule has 0 aliphatic heterocycles. The Morgan fingerprint density at radius 1 is 0.595 bits per heavy atom. The molecule has 0 radical (unpaired) electrons. The van der Waals surface area contributed by atoms with Crippen molar-refractivity contribution >= 4 is 28.8 Å². The van der Waals surface area contributed by atoms with Gasteiger partial charge in [-0.2, -0.15) is 0 Å². The van der Waals surface area contributed by atoms with Crippen molar-refractivity contribution in [3.05, 3.63) is 176 Å². The van der Waals surface area contributed by atoms with Gasteiger partial charge in [-0.1, -0.05) is 97.6 Å². The smallest absolute Gasteiger partial charge is 0.0467 e. The minimum atomic E-state index is 0.355. The van der Waals surface area contributed by atoms with Crippen LogP contribution in [0.2, 0.25) is 0 Å². The first-order chi connectivity index (χ1) is 20.7. The zero-order valence-electron chi connectivity index (χ0n) is 23.9. The molecule has 4 aromatic carbocycles. The third-order valence-electron chi connectivity index (χ3n) is 7.84. The van der Waals surface area contributed by atoms with Crippen molar-refractivity contribution in [2.45, 2.75) is 19.3 Å². The lowest BCUT2D eigenvalue weighted by Crippen LogP contribution is -2.22. The molecule has 0 spiro atoms. The number of hydrogen-bond donors (Lipinski definition) is 0. The Morgan fingerprint density at radius 2 is 1.24 bits per heavy atom. The molecule has 0 amide bonds. The van der Waals surface area contributed by atoms with E-state index >= 15 is 0 Å². The summed E-state index contributed by atoms with van der Waals surface area (Å²) in [5, 5.41) is 0. The van der Waals surface area contributed by atoms with E-state index in [2.05, 4.69) is 163 Å². The van der Waals surface area contributed by atoms with Crippen molar-refractivity contribution < 1.29 is 0 Å². The highest BCUT2D eigenvalue weighted by Crippen LogP contribution is 2.37. The molecule has 6 rings (SSSR count). The van der Waals surface area contributed by atoms with E-state index in [4.69, 9.17) is 0 Å². The van der Waals surface area contributed by atoms with Gasteiger partial charge in [-0.15, -0.1) is 6.58 Å². The molecule has 0 aromatic heterocycles. The van der Waals surface area contributed by atoms with Crippen LogP contribution >= 0.6 is 0 Å². The van der Waals surface area contributed by atoms with Crippen LogP contribution in [0.3, 0.4) is 0 Å². The quantitative estimate of drug-likeness (QED) is 0.193. The summed E-state index contributed by atoms with van der Waals surface area (Å²) in [6.45, 7) is 8.00. The van der Waals surface area contributed by atoms with Crippen LogP contribution in [0, 0.1) is 5.92 Å². The number of anilines is 4. The van der Waals surface area contributed by atoms with Crippen LogP contribution in [0.25, 0.3) is 17.2 Å². The van der Waals surface area contributed by atoms with Gasteiger partial charge in [0.1, 0.15) is 0 Å². The minimum Gasteiger partial charge on any atom is -0.311 e. The molecule has 0 fully saturated rings. The normalized spacial score (nSPS) is 15.9. The second-order valence-electron chi connectivity index (χ2n) is 10.6. The predicted molar refractivity (Wildman–Crippen MR) is 181 cm³/mol. The average Bonchev–Trinajstić information content (AvgIpc) is 3.07. The summed E-state index contributed by atoms with van der Waals surface area (Å²) < 4.78 is 0. The SMILES string of the molecule is C=Cc1cccc(N(c2ccccc2)c2ccc(-c3ccc(N(C4=CCCC=C4)C4=CC(C=C)CC=C4)cc3)cc2)c1. The minimum absolute atomic E-state index is 0.355. The number of benzene rings is 4. The van der Waals surface area contributed by atoms with Crippen LogP contribution in [0.4, 0.5) is 22.7 Å². The van der Waals surface area contributed by atoms with Gasteiger partial charge < -0.3 is 9.80 Å². The van der Waals surface area contributed by atoms with E-state index in [9.17, 15) is 0 Å². The van der Waals surface area contributed by atoms with Gasteiger partial charge >= 0.3 is 0 Å². The molecule has 206 valence electrons. The highest BCUT2D eigenvalue weighted by atomic mass is 15.2. The van der Waals surface area contributed by atoms with E-state index in [1.54, 1.807) is 0 Å². The lowest BCUT2D eigenvalue weighted by molar-refractivity contribution is 0.806. The maximum absolute atomic E-state index is 4.04. The molecule has 0 bridgehead atoms. The van der Waals surface area contributed by atoms with Crippen LogP contribution in [-0.2, 0) is 0 Å². The van der Waals surface area contributed by atoms with E-state index in [1.165, 1.54) is 22.5 Å². The second kappa shape index (κ2) is 12.6. The van der Waals surface area contributed by atoms with Crippen molar-refractivity contribution in [3.63, 3.8) is 0 Å². The molecule has 0 saturated carbocycles. The van der Waals surface area contributed by atoms with Gasteiger partial charge in [0.15, 0.2) is 0 Å². The molecule has 1 unspecified atom stereocenters. The van der Waals surface area contributed by atoms with Gasteiger partial charge in [0.05, 0.1) is 0 Å². The van der Waals surface area contributed by atoms with Crippen LogP contribution in [0.1, 0.15) is 24.8 Å². The van der Waals surface area contributed by atoms with Crippen LogP contribution in [-0.4, -0.2) is 0 Å². The molecule has 2 aliphatic carbocycles. The zero-order chi connectivity index (χ0) is 28.7. The van der Waals surface area contributed by atoms with Crippen LogP contribution < -0.4 is 9.80 Å². The Kier molecular flexibility index (Phi) is 8.14.